The zero-order valence-electron chi connectivity index (χ0n) is 11.4. The number of nitrogens with one attached hydrogen (secondary N) is 1. The van der Waals surface area contributed by atoms with E-state index in [1.165, 1.54) is 0 Å². The van der Waals surface area contributed by atoms with Gasteiger partial charge in [-0.15, -0.1) is 0 Å². The second kappa shape index (κ2) is 5.54. The highest BCUT2D eigenvalue weighted by Crippen LogP contribution is 2.28. The summed E-state index contributed by atoms with van der Waals surface area (Å²) in [6, 6.07) is 11.7. The van der Waals surface area contributed by atoms with Gasteiger partial charge in [0.2, 0.25) is 0 Å². The molecule has 2 aromatic carbocycles. The number of hydrogen-bond acceptors (Lipinski definition) is 2. The summed E-state index contributed by atoms with van der Waals surface area (Å²) in [5.41, 5.74) is 4.06. The molecule has 100 valence electrons. The Morgan fingerprint density at radius 2 is 1.84 bits per heavy atom. The summed E-state index contributed by atoms with van der Waals surface area (Å²) < 4.78 is 0. The van der Waals surface area contributed by atoms with Crippen LogP contribution in [0.3, 0.4) is 0 Å². The van der Waals surface area contributed by atoms with Crippen LogP contribution in [0.15, 0.2) is 36.4 Å². The minimum absolute atomic E-state index is 0.154. The van der Waals surface area contributed by atoms with Crippen molar-refractivity contribution >= 4 is 17.3 Å². The minimum atomic E-state index is 0.154. The van der Waals surface area contributed by atoms with Gasteiger partial charge >= 0.3 is 0 Å². The third kappa shape index (κ3) is 3.21. The Balaban J connectivity index is 2.24. The molecule has 3 heteroatoms. The van der Waals surface area contributed by atoms with Gasteiger partial charge in [-0.05, 0) is 61.7 Å². The Labute approximate surface area is 119 Å². The van der Waals surface area contributed by atoms with Crippen molar-refractivity contribution in [3.63, 3.8) is 0 Å². The fourth-order valence-electron chi connectivity index (χ4n) is 2.05. The van der Waals surface area contributed by atoms with Crippen LogP contribution >= 0.6 is 11.6 Å². The summed E-state index contributed by atoms with van der Waals surface area (Å²) in [6.07, 6.45) is 0. The second-order valence-electron chi connectivity index (χ2n) is 4.87. The Morgan fingerprint density at radius 3 is 2.53 bits per heavy atom. The Morgan fingerprint density at radius 1 is 1.11 bits per heavy atom. The normalized spacial score (nSPS) is 12.2. The molecule has 0 amide bonds. The Kier molecular flexibility index (Phi) is 4.01. The van der Waals surface area contributed by atoms with E-state index in [0.29, 0.717) is 5.75 Å². The van der Waals surface area contributed by atoms with E-state index < -0.39 is 0 Å². The molecule has 0 heterocycles. The Hall–Kier alpha value is -1.67. The number of benzene rings is 2. The smallest absolute Gasteiger partial charge is 0.118 e. The number of phenolic OH excluding ortho intramolecular Hbond substituents is 1. The molecule has 2 N–H and O–H groups in total. The first-order valence-corrected chi connectivity index (χ1v) is 6.67. The van der Waals surface area contributed by atoms with E-state index in [2.05, 4.69) is 12.2 Å². The molecule has 0 aliphatic heterocycles. The molecule has 0 aliphatic carbocycles. The summed E-state index contributed by atoms with van der Waals surface area (Å²) in [6.45, 7) is 5.96. The van der Waals surface area contributed by atoms with E-state index in [0.717, 1.165) is 27.4 Å². The highest BCUT2D eigenvalue weighted by molar-refractivity contribution is 6.30. The third-order valence-electron chi connectivity index (χ3n) is 3.26. The molecule has 0 radical (unpaired) electrons. The number of rotatable bonds is 3. The number of anilines is 1. The lowest BCUT2D eigenvalue weighted by Crippen LogP contribution is -2.07. The molecule has 0 saturated carbocycles. The molecular formula is C16H18ClNO. The summed E-state index contributed by atoms with van der Waals surface area (Å²) in [7, 11) is 0. The summed E-state index contributed by atoms with van der Waals surface area (Å²) >= 11 is 6.01. The highest BCUT2D eigenvalue weighted by Gasteiger charge is 2.09. The number of hydrogen-bond donors (Lipinski definition) is 2. The van der Waals surface area contributed by atoms with E-state index in [4.69, 9.17) is 11.6 Å². The van der Waals surface area contributed by atoms with Gasteiger partial charge in [0.1, 0.15) is 5.75 Å². The maximum absolute atomic E-state index is 9.67. The van der Waals surface area contributed by atoms with Gasteiger partial charge < -0.3 is 10.4 Å². The van der Waals surface area contributed by atoms with Gasteiger partial charge in [-0.1, -0.05) is 23.7 Å². The summed E-state index contributed by atoms with van der Waals surface area (Å²) in [5.74, 6) is 0.332. The standard InChI is InChI=1S/C16H18ClNO/c1-10-8-16(19)11(2)7-15(10)18-12(3)13-5-4-6-14(17)9-13/h4-9,12,18-19H,1-3H3. The fourth-order valence-corrected chi connectivity index (χ4v) is 2.25. The van der Waals surface area contributed by atoms with Crippen molar-refractivity contribution in [1.29, 1.82) is 0 Å². The van der Waals surface area contributed by atoms with Crippen LogP contribution in [0.2, 0.25) is 5.02 Å². The van der Waals surface area contributed by atoms with E-state index >= 15 is 0 Å². The van der Waals surface area contributed by atoms with Crippen LogP contribution < -0.4 is 5.32 Å². The molecule has 0 bridgehead atoms. The molecule has 0 fully saturated rings. The first-order chi connectivity index (χ1) is 8.97. The lowest BCUT2D eigenvalue weighted by molar-refractivity contribution is 0.470. The van der Waals surface area contributed by atoms with Crippen LogP contribution in [0, 0.1) is 13.8 Å². The molecule has 1 atom stereocenters. The molecule has 0 aromatic heterocycles. The maximum atomic E-state index is 9.67. The zero-order valence-corrected chi connectivity index (χ0v) is 12.1. The van der Waals surface area contributed by atoms with E-state index in [9.17, 15) is 5.11 Å². The predicted molar refractivity (Wildman–Crippen MR) is 81.1 cm³/mol. The fraction of sp³-hybridized carbons (Fsp3) is 0.250. The minimum Gasteiger partial charge on any atom is -0.508 e. The first-order valence-electron chi connectivity index (χ1n) is 6.29. The van der Waals surface area contributed by atoms with Gasteiger partial charge in [0.05, 0.1) is 0 Å². The highest BCUT2D eigenvalue weighted by atomic mass is 35.5. The van der Waals surface area contributed by atoms with E-state index in [1.54, 1.807) is 6.07 Å². The average molecular weight is 276 g/mol. The second-order valence-corrected chi connectivity index (χ2v) is 5.31. The predicted octanol–water partition coefficient (Wildman–Crippen LogP) is 4.84. The van der Waals surface area contributed by atoms with Crippen molar-refractivity contribution in [2.45, 2.75) is 26.8 Å². The van der Waals surface area contributed by atoms with Gasteiger partial charge in [0, 0.05) is 16.8 Å². The number of aromatic hydroxyl groups is 1. The molecule has 0 aliphatic rings. The molecular weight excluding hydrogens is 258 g/mol. The lowest BCUT2D eigenvalue weighted by atomic mass is 10.1. The molecule has 0 saturated heterocycles. The average Bonchev–Trinajstić information content (AvgIpc) is 2.36. The summed E-state index contributed by atoms with van der Waals surface area (Å²) in [5, 5.41) is 13.9. The van der Waals surface area contributed by atoms with Crippen molar-refractivity contribution in [3.8, 4) is 5.75 Å². The van der Waals surface area contributed by atoms with Crippen LogP contribution in [-0.4, -0.2) is 5.11 Å². The molecule has 1 unspecified atom stereocenters. The van der Waals surface area contributed by atoms with Crippen molar-refractivity contribution in [3.05, 3.63) is 58.1 Å². The molecule has 2 nitrogen and oxygen atoms in total. The van der Waals surface area contributed by atoms with E-state index in [-0.39, 0.29) is 6.04 Å². The van der Waals surface area contributed by atoms with Crippen molar-refractivity contribution in [2.75, 3.05) is 5.32 Å². The van der Waals surface area contributed by atoms with Gasteiger partial charge in [0.15, 0.2) is 0 Å². The lowest BCUT2D eigenvalue weighted by Gasteiger charge is -2.18. The van der Waals surface area contributed by atoms with Crippen LogP contribution in [0.1, 0.15) is 29.7 Å². The molecule has 0 spiro atoms. The van der Waals surface area contributed by atoms with Crippen LogP contribution in [0.4, 0.5) is 5.69 Å². The quantitative estimate of drug-likeness (QED) is 0.786. The monoisotopic (exact) mass is 275 g/mol. The molecule has 2 rings (SSSR count). The van der Waals surface area contributed by atoms with E-state index in [1.807, 2.05) is 44.2 Å². The van der Waals surface area contributed by atoms with Gasteiger partial charge in [-0.25, -0.2) is 0 Å². The summed E-state index contributed by atoms with van der Waals surface area (Å²) in [4.78, 5) is 0. The van der Waals surface area contributed by atoms with Crippen molar-refractivity contribution < 1.29 is 5.11 Å². The van der Waals surface area contributed by atoms with Gasteiger partial charge in [-0.2, -0.15) is 0 Å². The van der Waals surface area contributed by atoms with Gasteiger partial charge in [0.25, 0.3) is 0 Å². The largest absolute Gasteiger partial charge is 0.508 e. The Bertz CT molecular complexity index is 595. The maximum Gasteiger partial charge on any atom is 0.118 e. The number of aryl methyl sites for hydroxylation is 2. The number of phenols is 1. The van der Waals surface area contributed by atoms with Crippen molar-refractivity contribution in [1.82, 2.24) is 0 Å². The molecule has 2 aromatic rings. The first kappa shape index (κ1) is 13.8. The topological polar surface area (TPSA) is 32.3 Å². The SMILES string of the molecule is Cc1cc(NC(C)c2cccc(Cl)c2)c(C)cc1O. The number of halogens is 1. The van der Waals surface area contributed by atoms with Crippen molar-refractivity contribution in [2.24, 2.45) is 0 Å². The van der Waals surface area contributed by atoms with Crippen LogP contribution in [-0.2, 0) is 0 Å². The zero-order chi connectivity index (χ0) is 14.0. The third-order valence-corrected chi connectivity index (χ3v) is 3.50. The molecule has 19 heavy (non-hydrogen) atoms. The van der Waals surface area contributed by atoms with Crippen LogP contribution in [0.25, 0.3) is 0 Å². The van der Waals surface area contributed by atoms with Crippen LogP contribution in [0.5, 0.6) is 5.75 Å². The van der Waals surface area contributed by atoms with Gasteiger partial charge in [-0.3, -0.25) is 0 Å².